The fourth-order valence-electron chi connectivity index (χ4n) is 3.60. The fraction of sp³-hybridized carbons (Fsp3) is 0.143. The van der Waals surface area contributed by atoms with Crippen LogP contribution in [-0.4, -0.2) is 43.0 Å². The zero-order chi connectivity index (χ0) is 28.0. The van der Waals surface area contributed by atoms with Gasteiger partial charge in [0.1, 0.15) is 11.5 Å². The van der Waals surface area contributed by atoms with Gasteiger partial charge < -0.3 is 10.1 Å². The number of carbonyl (C=O) groups is 2. The number of thiazole rings is 1. The number of carbonyl (C=O) groups excluding carboxylic acids is 2. The molecule has 0 bridgehead atoms. The van der Waals surface area contributed by atoms with Crippen LogP contribution in [0.4, 0.5) is 5.13 Å². The molecule has 0 fully saturated rings. The molecule has 0 saturated heterocycles. The predicted octanol–water partition coefficient (Wildman–Crippen LogP) is 4.25. The van der Waals surface area contributed by atoms with Gasteiger partial charge in [0.2, 0.25) is 5.91 Å². The van der Waals surface area contributed by atoms with Crippen LogP contribution < -0.4 is 15.4 Å². The van der Waals surface area contributed by atoms with E-state index >= 15 is 0 Å². The summed E-state index contributed by atoms with van der Waals surface area (Å²) in [4.78, 5) is 34.1. The summed E-state index contributed by atoms with van der Waals surface area (Å²) in [6.45, 7) is 2.04. The number of nitrogens with one attached hydrogen (secondary N) is 2. The summed E-state index contributed by atoms with van der Waals surface area (Å²) in [5.74, 6) is 2.40. The topological polar surface area (TPSA) is 127 Å². The number of aromatic nitrogens is 2. The standard InChI is InChI=1S/C28H24N4O5S2/c1-4-11-29-25(33)16-21-17-38-28(31-21)32-27(34)20-13-19(26-18(2)6-5-12-30-26)14-23(15-20)37-22-7-9-24(10-8-22)39(3,35)36/h1,5-10,12-15,17H,11,16H2,2-3H3,(H,29,33)(H,31,32,34). The second-order valence-corrected chi connectivity index (χ2v) is 11.4. The van der Waals surface area contributed by atoms with Gasteiger partial charge in [-0.3, -0.25) is 19.9 Å². The van der Waals surface area contributed by atoms with Crippen molar-refractivity contribution in [2.24, 2.45) is 0 Å². The van der Waals surface area contributed by atoms with Crippen LogP contribution in [0.25, 0.3) is 11.3 Å². The van der Waals surface area contributed by atoms with Gasteiger partial charge in [0.15, 0.2) is 15.0 Å². The zero-order valence-electron chi connectivity index (χ0n) is 21.1. The molecule has 0 atom stereocenters. The Morgan fingerprint density at radius 1 is 1.10 bits per heavy atom. The van der Waals surface area contributed by atoms with E-state index in [1.807, 2.05) is 19.1 Å². The van der Waals surface area contributed by atoms with Gasteiger partial charge in [0.25, 0.3) is 5.91 Å². The highest BCUT2D eigenvalue weighted by Crippen LogP contribution is 2.31. The van der Waals surface area contributed by atoms with Crippen LogP contribution in [0.2, 0.25) is 0 Å². The molecule has 0 unspecified atom stereocenters. The molecule has 2 aromatic heterocycles. The molecule has 2 heterocycles. The molecule has 4 rings (SSSR count). The van der Waals surface area contributed by atoms with Gasteiger partial charge in [-0.2, -0.15) is 0 Å². The lowest BCUT2D eigenvalue weighted by Gasteiger charge is -2.12. The minimum atomic E-state index is -3.35. The number of aryl methyl sites for hydroxylation is 1. The molecule has 2 N–H and O–H groups in total. The van der Waals surface area contributed by atoms with E-state index in [2.05, 4.69) is 26.5 Å². The van der Waals surface area contributed by atoms with Crippen molar-refractivity contribution in [2.75, 3.05) is 18.1 Å². The zero-order valence-corrected chi connectivity index (χ0v) is 22.7. The van der Waals surface area contributed by atoms with Crippen LogP contribution in [0.15, 0.2) is 71.1 Å². The van der Waals surface area contributed by atoms with Gasteiger partial charge in [-0.05, 0) is 61.0 Å². The number of anilines is 1. The second-order valence-electron chi connectivity index (χ2n) is 8.52. The molecule has 0 saturated carbocycles. The first-order valence-corrected chi connectivity index (χ1v) is 14.4. The minimum absolute atomic E-state index is 0.0403. The average Bonchev–Trinajstić information content (AvgIpc) is 3.33. The lowest BCUT2D eigenvalue weighted by Crippen LogP contribution is -2.25. The van der Waals surface area contributed by atoms with Crippen molar-refractivity contribution in [3.05, 3.63) is 83.0 Å². The third kappa shape index (κ3) is 7.28. The highest BCUT2D eigenvalue weighted by molar-refractivity contribution is 7.90. The van der Waals surface area contributed by atoms with E-state index in [9.17, 15) is 18.0 Å². The number of hydrogen-bond acceptors (Lipinski definition) is 8. The molecule has 0 aliphatic rings. The molecule has 11 heteroatoms. The van der Waals surface area contributed by atoms with Crippen LogP contribution in [-0.2, 0) is 21.1 Å². The Morgan fingerprint density at radius 2 is 1.87 bits per heavy atom. The monoisotopic (exact) mass is 560 g/mol. The average molecular weight is 561 g/mol. The number of hydrogen-bond donors (Lipinski definition) is 2. The van der Waals surface area contributed by atoms with Crippen molar-refractivity contribution in [3.63, 3.8) is 0 Å². The lowest BCUT2D eigenvalue weighted by molar-refractivity contribution is -0.120. The Kier molecular flexibility index (Phi) is 8.39. The Hall–Kier alpha value is -4.53. The van der Waals surface area contributed by atoms with Crippen LogP contribution >= 0.6 is 11.3 Å². The quantitative estimate of drug-likeness (QED) is 0.293. The Morgan fingerprint density at radius 3 is 2.56 bits per heavy atom. The van der Waals surface area contributed by atoms with E-state index in [1.165, 1.54) is 23.5 Å². The SMILES string of the molecule is C#CCNC(=O)Cc1csc(NC(=O)c2cc(Oc3ccc(S(C)(=O)=O)cc3)cc(-c3ncccc3C)c2)n1. The van der Waals surface area contributed by atoms with Crippen molar-refractivity contribution in [2.45, 2.75) is 18.2 Å². The summed E-state index contributed by atoms with van der Waals surface area (Å²) in [6.07, 6.45) is 7.99. The van der Waals surface area contributed by atoms with Gasteiger partial charge in [-0.15, -0.1) is 17.8 Å². The third-order valence-electron chi connectivity index (χ3n) is 5.44. The maximum atomic E-state index is 13.2. The molecule has 0 aliphatic carbocycles. The van der Waals surface area contributed by atoms with E-state index < -0.39 is 15.7 Å². The number of rotatable bonds is 9. The maximum absolute atomic E-state index is 13.2. The van der Waals surface area contributed by atoms with Crippen molar-refractivity contribution >= 4 is 38.1 Å². The highest BCUT2D eigenvalue weighted by Gasteiger charge is 2.16. The number of ether oxygens (including phenoxy) is 1. The molecular weight excluding hydrogens is 536 g/mol. The first-order valence-electron chi connectivity index (χ1n) is 11.6. The van der Waals surface area contributed by atoms with Crippen LogP contribution in [0, 0.1) is 19.3 Å². The van der Waals surface area contributed by atoms with Gasteiger partial charge in [0.05, 0.1) is 29.2 Å². The van der Waals surface area contributed by atoms with Gasteiger partial charge >= 0.3 is 0 Å². The maximum Gasteiger partial charge on any atom is 0.257 e. The number of pyridine rings is 1. The molecule has 0 aliphatic heterocycles. The first kappa shape index (κ1) is 27.5. The van der Waals surface area contributed by atoms with Crippen LogP contribution in [0.1, 0.15) is 21.6 Å². The predicted molar refractivity (Wildman–Crippen MR) is 150 cm³/mol. The van der Waals surface area contributed by atoms with Gasteiger partial charge in [-0.1, -0.05) is 12.0 Å². The molecule has 9 nitrogen and oxygen atoms in total. The highest BCUT2D eigenvalue weighted by atomic mass is 32.2. The van der Waals surface area contributed by atoms with E-state index in [0.29, 0.717) is 39.1 Å². The summed E-state index contributed by atoms with van der Waals surface area (Å²) < 4.78 is 29.6. The molecular formula is C28H24N4O5S2. The first-order chi connectivity index (χ1) is 18.6. The summed E-state index contributed by atoms with van der Waals surface area (Å²) in [6, 6.07) is 14.8. The molecule has 4 aromatic rings. The van der Waals surface area contributed by atoms with Crippen molar-refractivity contribution in [3.8, 4) is 35.1 Å². The smallest absolute Gasteiger partial charge is 0.257 e. The second kappa shape index (κ2) is 11.9. The van der Waals surface area contributed by atoms with Crippen molar-refractivity contribution in [1.82, 2.24) is 15.3 Å². The summed E-state index contributed by atoms with van der Waals surface area (Å²) in [7, 11) is -3.35. The number of sulfone groups is 1. The van der Waals surface area contributed by atoms with Crippen LogP contribution in [0.3, 0.4) is 0 Å². The molecule has 0 spiro atoms. The Balaban J connectivity index is 1.60. The fourth-order valence-corrected chi connectivity index (χ4v) is 4.93. The molecule has 0 radical (unpaired) electrons. The molecule has 39 heavy (non-hydrogen) atoms. The normalized spacial score (nSPS) is 10.9. The Bertz CT molecular complexity index is 1670. The molecule has 198 valence electrons. The van der Waals surface area contributed by atoms with E-state index in [1.54, 1.807) is 41.9 Å². The number of nitrogens with zero attached hydrogens (tertiary/aromatic N) is 2. The third-order valence-corrected chi connectivity index (χ3v) is 7.38. The van der Waals surface area contributed by atoms with E-state index in [0.717, 1.165) is 11.8 Å². The molecule has 2 amide bonds. The van der Waals surface area contributed by atoms with Crippen molar-refractivity contribution < 1.29 is 22.7 Å². The molecule has 2 aromatic carbocycles. The van der Waals surface area contributed by atoms with Crippen molar-refractivity contribution in [1.29, 1.82) is 0 Å². The van der Waals surface area contributed by atoms with E-state index in [-0.39, 0.29) is 23.8 Å². The summed E-state index contributed by atoms with van der Waals surface area (Å²) in [5, 5.41) is 7.36. The van der Waals surface area contributed by atoms with E-state index in [4.69, 9.17) is 11.2 Å². The Labute approximate surface area is 230 Å². The van der Waals surface area contributed by atoms with Crippen LogP contribution in [0.5, 0.6) is 11.5 Å². The number of benzene rings is 2. The number of amides is 2. The number of terminal acetylenes is 1. The van der Waals surface area contributed by atoms with Gasteiger partial charge in [0, 0.05) is 29.0 Å². The lowest BCUT2D eigenvalue weighted by atomic mass is 10.0. The largest absolute Gasteiger partial charge is 0.457 e. The summed E-state index contributed by atoms with van der Waals surface area (Å²) >= 11 is 1.20. The summed E-state index contributed by atoms with van der Waals surface area (Å²) in [5.41, 5.74) is 3.05. The van der Waals surface area contributed by atoms with Gasteiger partial charge in [-0.25, -0.2) is 13.4 Å². The minimum Gasteiger partial charge on any atom is -0.457 e.